The third-order valence-electron chi connectivity index (χ3n) is 2.55. The van der Waals surface area contributed by atoms with Gasteiger partial charge in [0.1, 0.15) is 12.4 Å². The topological polar surface area (TPSA) is 35.2 Å². The van der Waals surface area contributed by atoms with Crippen LogP contribution in [0.2, 0.25) is 0 Å². The molecule has 0 fully saturated rings. The van der Waals surface area contributed by atoms with Crippen molar-refractivity contribution >= 4 is 5.69 Å². The summed E-state index contributed by atoms with van der Waals surface area (Å²) < 4.78 is 70.2. The Hall–Kier alpha value is -2.31. The Labute approximate surface area is 110 Å². The van der Waals surface area contributed by atoms with E-state index in [1.807, 2.05) is 0 Å². The van der Waals surface area contributed by atoms with Gasteiger partial charge < -0.3 is 10.5 Å². The first-order chi connectivity index (χ1) is 9.40. The number of nitrogens with two attached hydrogens (primary N) is 1. The van der Waals surface area contributed by atoms with E-state index in [-0.39, 0.29) is 17.3 Å². The minimum Gasteiger partial charge on any atom is -0.483 e. The lowest BCUT2D eigenvalue weighted by Crippen LogP contribution is -2.06. The third kappa shape index (κ3) is 2.66. The lowest BCUT2D eigenvalue weighted by Gasteiger charge is -2.11. The van der Waals surface area contributed by atoms with Gasteiger partial charge in [-0.25, -0.2) is 13.2 Å². The van der Waals surface area contributed by atoms with Crippen LogP contribution in [0.5, 0.6) is 5.75 Å². The van der Waals surface area contributed by atoms with Gasteiger partial charge in [-0.1, -0.05) is 0 Å². The number of halogens is 5. The van der Waals surface area contributed by atoms with Crippen molar-refractivity contribution in [1.29, 1.82) is 0 Å². The smallest absolute Gasteiger partial charge is 0.203 e. The van der Waals surface area contributed by atoms with Crippen LogP contribution in [0.15, 0.2) is 24.3 Å². The summed E-state index contributed by atoms with van der Waals surface area (Å²) in [4.78, 5) is 0. The van der Waals surface area contributed by atoms with Crippen LogP contribution in [-0.2, 0) is 6.61 Å². The van der Waals surface area contributed by atoms with Crippen molar-refractivity contribution < 1.29 is 26.7 Å². The molecule has 2 N–H and O–H groups in total. The summed E-state index contributed by atoms with van der Waals surface area (Å²) in [5.74, 6) is -8.37. The Bertz CT molecular complexity index is 633. The monoisotopic (exact) mass is 289 g/mol. The van der Waals surface area contributed by atoms with E-state index in [4.69, 9.17) is 5.73 Å². The molecule has 0 bridgehead atoms. The minimum atomic E-state index is -1.67. The molecule has 0 saturated heterocycles. The first-order valence-corrected chi connectivity index (χ1v) is 5.40. The molecule has 0 spiro atoms. The zero-order valence-electron chi connectivity index (χ0n) is 9.89. The number of benzene rings is 2. The molecule has 0 unspecified atom stereocenters. The summed E-state index contributed by atoms with van der Waals surface area (Å²) in [7, 11) is 0. The van der Waals surface area contributed by atoms with Crippen molar-refractivity contribution in [2.45, 2.75) is 6.61 Å². The van der Waals surface area contributed by atoms with E-state index in [2.05, 4.69) is 4.74 Å². The molecule has 2 rings (SSSR count). The van der Waals surface area contributed by atoms with Gasteiger partial charge in [-0.05, 0) is 18.2 Å². The van der Waals surface area contributed by atoms with E-state index in [1.54, 1.807) is 0 Å². The van der Waals surface area contributed by atoms with Crippen molar-refractivity contribution in [3.05, 3.63) is 58.9 Å². The maximum atomic E-state index is 13.3. The normalized spacial score (nSPS) is 10.7. The SMILES string of the molecule is Nc1ccc(F)cc1COc1c(F)c(F)cc(F)c1F. The highest BCUT2D eigenvalue weighted by atomic mass is 19.2. The van der Waals surface area contributed by atoms with E-state index in [1.165, 1.54) is 6.07 Å². The van der Waals surface area contributed by atoms with Gasteiger partial charge in [-0.15, -0.1) is 0 Å². The number of hydrogen-bond acceptors (Lipinski definition) is 2. The molecule has 7 heteroatoms. The Kier molecular flexibility index (Phi) is 3.78. The van der Waals surface area contributed by atoms with Crippen LogP contribution in [0.1, 0.15) is 5.56 Å². The number of rotatable bonds is 3. The predicted molar refractivity (Wildman–Crippen MR) is 61.4 cm³/mol. The highest BCUT2D eigenvalue weighted by molar-refractivity contribution is 5.46. The van der Waals surface area contributed by atoms with E-state index < -0.39 is 41.4 Å². The molecule has 0 atom stereocenters. The lowest BCUT2D eigenvalue weighted by atomic mass is 10.2. The van der Waals surface area contributed by atoms with Gasteiger partial charge in [0.2, 0.25) is 11.6 Å². The molecule has 2 aromatic carbocycles. The van der Waals surface area contributed by atoms with Crippen molar-refractivity contribution in [1.82, 2.24) is 0 Å². The maximum absolute atomic E-state index is 13.3. The average Bonchev–Trinajstić information content (AvgIpc) is 2.40. The summed E-state index contributed by atoms with van der Waals surface area (Å²) >= 11 is 0. The van der Waals surface area contributed by atoms with Crippen molar-refractivity contribution in [2.75, 3.05) is 5.73 Å². The van der Waals surface area contributed by atoms with Gasteiger partial charge in [-0.2, -0.15) is 8.78 Å². The lowest BCUT2D eigenvalue weighted by molar-refractivity contribution is 0.262. The molecule has 0 heterocycles. The largest absolute Gasteiger partial charge is 0.483 e. The fourth-order valence-electron chi connectivity index (χ4n) is 1.53. The average molecular weight is 289 g/mol. The van der Waals surface area contributed by atoms with Gasteiger partial charge in [-0.3, -0.25) is 0 Å². The fourth-order valence-corrected chi connectivity index (χ4v) is 1.53. The van der Waals surface area contributed by atoms with Crippen LogP contribution in [0, 0.1) is 29.1 Å². The van der Waals surface area contributed by atoms with Crippen molar-refractivity contribution in [2.24, 2.45) is 0 Å². The first kappa shape index (κ1) is 14.1. The molecule has 20 heavy (non-hydrogen) atoms. The van der Waals surface area contributed by atoms with Crippen LogP contribution in [0.25, 0.3) is 0 Å². The summed E-state index contributed by atoms with van der Waals surface area (Å²) in [6.45, 7) is -0.541. The Balaban J connectivity index is 2.30. The first-order valence-electron chi connectivity index (χ1n) is 5.40. The van der Waals surface area contributed by atoms with E-state index in [0.717, 1.165) is 12.1 Å². The quantitative estimate of drug-likeness (QED) is 0.533. The van der Waals surface area contributed by atoms with Gasteiger partial charge in [0.05, 0.1) is 0 Å². The predicted octanol–water partition coefficient (Wildman–Crippen LogP) is 3.54. The number of nitrogen functional groups attached to an aromatic ring is 1. The van der Waals surface area contributed by atoms with Gasteiger partial charge in [0, 0.05) is 17.3 Å². The molecule has 0 aromatic heterocycles. The zero-order valence-corrected chi connectivity index (χ0v) is 9.89. The molecule has 0 amide bonds. The fraction of sp³-hybridized carbons (Fsp3) is 0.0769. The summed E-state index contributed by atoms with van der Waals surface area (Å²) in [6, 6.07) is 3.36. The second-order valence-corrected chi connectivity index (χ2v) is 3.93. The van der Waals surface area contributed by atoms with Crippen LogP contribution in [0.3, 0.4) is 0 Å². The highest BCUT2D eigenvalue weighted by Gasteiger charge is 2.20. The minimum absolute atomic E-state index is 0.0636. The van der Waals surface area contributed by atoms with Crippen molar-refractivity contribution in [3.8, 4) is 5.75 Å². The Morgan fingerprint density at radius 3 is 2.10 bits per heavy atom. The molecular weight excluding hydrogens is 281 g/mol. The van der Waals surface area contributed by atoms with Gasteiger partial charge in [0.25, 0.3) is 0 Å². The highest BCUT2D eigenvalue weighted by Crippen LogP contribution is 2.27. The zero-order chi connectivity index (χ0) is 14.9. The Morgan fingerprint density at radius 1 is 0.900 bits per heavy atom. The number of hydrogen-bond donors (Lipinski definition) is 1. The third-order valence-corrected chi connectivity index (χ3v) is 2.55. The summed E-state index contributed by atoms with van der Waals surface area (Å²) in [5, 5.41) is 0. The second-order valence-electron chi connectivity index (χ2n) is 3.93. The number of ether oxygens (including phenoxy) is 1. The molecule has 106 valence electrons. The standard InChI is InChI=1S/C13H8F5NO/c14-7-1-2-10(19)6(3-7)5-20-13-11(17)8(15)4-9(16)12(13)18/h1-4H,5,19H2. The van der Waals surface area contributed by atoms with Crippen molar-refractivity contribution in [3.63, 3.8) is 0 Å². The molecule has 0 radical (unpaired) electrons. The molecule has 0 aliphatic heterocycles. The van der Waals surface area contributed by atoms with E-state index in [9.17, 15) is 22.0 Å². The van der Waals surface area contributed by atoms with Gasteiger partial charge >= 0.3 is 0 Å². The van der Waals surface area contributed by atoms with Gasteiger partial charge in [0.15, 0.2) is 17.4 Å². The summed E-state index contributed by atoms with van der Waals surface area (Å²) in [5.41, 5.74) is 5.71. The maximum Gasteiger partial charge on any atom is 0.203 e. The van der Waals surface area contributed by atoms with Crippen LogP contribution < -0.4 is 10.5 Å². The van der Waals surface area contributed by atoms with Crippen LogP contribution in [0.4, 0.5) is 27.6 Å². The molecule has 2 nitrogen and oxygen atoms in total. The molecule has 0 saturated carbocycles. The van der Waals surface area contributed by atoms with Crippen LogP contribution in [-0.4, -0.2) is 0 Å². The number of anilines is 1. The summed E-state index contributed by atoms with van der Waals surface area (Å²) in [6.07, 6.45) is 0. The van der Waals surface area contributed by atoms with E-state index in [0.29, 0.717) is 0 Å². The molecule has 2 aromatic rings. The Morgan fingerprint density at radius 2 is 1.50 bits per heavy atom. The molecule has 0 aliphatic rings. The van der Waals surface area contributed by atoms with Crippen LogP contribution >= 0.6 is 0 Å². The molecular formula is C13H8F5NO. The second kappa shape index (κ2) is 5.36. The van der Waals surface area contributed by atoms with E-state index >= 15 is 0 Å². The molecule has 0 aliphatic carbocycles.